The number of ether oxygens (including phenoxy) is 1. The third-order valence-corrected chi connectivity index (χ3v) is 5.76. The molecule has 3 nitrogen and oxygen atoms in total. The van der Waals surface area contributed by atoms with Crippen LogP contribution < -0.4 is 0 Å². The van der Waals surface area contributed by atoms with Gasteiger partial charge < -0.3 is 14.3 Å². The summed E-state index contributed by atoms with van der Waals surface area (Å²) in [6.07, 6.45) is 6.44. The zero-order valence-electron chi connectivity index (χ0n) is 14.6. The molecule has 2 fully saturated rings. The maximum atomic E-state index is 10.4. The molecule has 0 aromatic carbocycles. The molecule has 0 radical (unpaired) electrons. The van der Waals surface area contributed by atoms with Gasteiger partial charge in [-0.1, -0.05) is 27.2 Å². The van der Waals surface area contributed by atoms with Gasteiger partial charge in [-0.15, -0.1) is 0 Å². The Morgan fingerprint density at radius 2 is 1.86 bits per heavy atom. The van der Waals surface area contributed by atoms with Crippen molar-refractivity contribution in [2.45, 2.75) is 65.1 Å². The molecule has 3 heteroatoms. The van der Waals surface area contributed by atoms with Gasteiger partial charge in [-0.25, -0.2) is 0 Å². The summed E-state index contributed by atoms with van der Waals surface area (Å²) in [5, 5.41) is 10.4. The standard InChI is InChI=1S/C18H36NO2/c1-14(2)17-8-7-15(3)11-18(17)21-13-16(20)12-19(4)9-5-6-10-19/h14-18,20H,5-13H2,1-4H3/q+1/t15-,16+,17+,18+/m0/s1. The number of aliphatic hydroxyl groups excluding tert-OH is 1. The fourth-order valence-corrected chi connectivity index (χ4v) is 4.38. The van der Waals surface area contributed by atoms with Crippen molar-refractivity contribution in [3.8, 4) is 0 Å². The van der Waals surface area contributed by atoms with Crippen molar-refractivity contribution in [3.05, 3.63) is 0 Å². The Bertz CT molecular complexity index is 312. The third-order valence-electron chi connectivity index (χ3n) is 5.76. The highest BCUT2D eigenvalue weighted by molar-refractivity contribution is 4.81. The molecule has 1 saturated carbocycles. The summed E-state index contributed by atoms with van der Waals surface area (Å²) in [5.74, 6) is 2.12. The Labute approximate surface area is 131 Å². The number of quaternary nitrogens is 1. The summed E-state index contributed by atoms with van der Waals surface area (Å²) in [5.41, 5.74) is 0. The molecule has 2 rings (SSSR count). The van der Waals surface area contributed by atoms with Gasteiger partial charge in [0.25, 0.3) is 0 Å². The SMILES string of the molecule is CC(C)[C@H]1CC[C@H](C)C[C@H]1OC[C@H](O)C[N+]1(C)CCCC1. The van der Waals surface area contributed by atoms with E-state index in [4.69, 9.17) is 4.74 Å². The second-order valence-electron chi connectivity index (χ2n) is 8.31. The lowest BCUT2D eigenvalue weighted by Crippen LogP contribution is -2.48. The molecule has 0 bridgehead atoms. The lowest BCUT2D eigenvalue weighted by atomic mass is 9.75. The minimum atomic E-state index is -0.307. The number of hydrogen-bond donors (Lipinski definition) is 1. The van der Waals surface area contributed by atoms with E-state index < -0.39 is 0 Å². The van der Waals surface area contributed by atoms with E-state index in [1.807, 2.05) is 0 Å². The summed E-state index contributed by atoms with van der Waals surface area (Å²) in [6.45, 7) is 10.8. The lowest BCUT2D eigenvalue weighted by Gasteiger charge is -2.38. The summed E-state index contributed by atoms with van der Waals surface area (Å²) in [4.78, 5) is 0. The van der Waals surface area contributed by atoms with Crippen molar-refractivity contribution in [1.29, 1.82) is 0 Å². The van der Waals surface area contributed by atoms with Crippen molar-refractivity contribution in [1.82, 2.24) is 0 Å². The van der Waals surface area contributed by atoms with Gasteiger partial charge in [0.2, 0.25) is 0 Å². The Hall–Kier alpha value is -0.120. The molecule has 124 valence electrons. The molecule has 1 aliphatic carbocycles. The van der Waals surface area contributed by atoms with Crippen molar-refractivity contribution < 1.29 is 14.3 Å². The van der Waals surface area contributed by atoms with E-state index in [0.29, 0.717) is 24.5 Å². The quantitative estimate of drug-likeness (QED) is 0.764. The Kier molecular flexibility index (Phi) is 6.10. The van der Waals surface area contributed by atoms with Crippen LogP contribution in [0.15, 0.2) is 0 Å². The summed E-state index contributed by atoms with van der Waals surface area (Å²) in [6, 6.07) is 0. The van der Waals surface area contributed by atoms with Gasteiger partial charge in [-0.3, -0.25) is 0 Å². The molecule has 0 spiro atoms. The highest BCUT2D eigenvalue weighted by Crippen LogP contribution is 2.35. The normalized spacial score (nSPS) is 34.3. The molecular formula is C18H36NO2+. The predicted octanol–water partition coefficient (Wildman–Crippen LogP) is 3.07. The average molecular weight is 298 g/mol. The number of aliphatic hydroxyl groups is 1. The van der Waals surface area contributed by atoms with Crippen molar-refractivity contribution in [2.24, 2.45) is 17.8 Å². The van der Waals surface area contributed by atoms with Crippen molar-refractivity contribution >= 4 is 0 Å². The van der Waals surface area contributed by atoms with Crippen molar-refractivity contribution in [2.75, 3.05) is 33.3 Å². The van der Waals surface area contributed by atoms with Gasteiger partial charge in [0.1, 0.15) is 12.6 Å². The van der Waals surface area contributed by atoms with E-state index in [2.05, 4.69) is 27.8 Å². The first-order valence-electron chi connectivity index (χ1n) is 9.03. The Morgan fingerprint density at radius 1 is 1.19 bits per heavy atom. The minimum absolute atomic E-state index is 0.307. The summed E-state index contributed by atoms with van der Waals surface area (Å²) >= 11 is 0. The highest BCUT2D eigenvalue weighted by Gasteiger charge is 2.33. The Morgan fingerprint density at radius 3 is 2.48 bits per heavy atom. The van der Waals surface area contributed by atoms with Crippen LogP contribution in [0, 0.1) is 17.8 Å². The molecule has 2 aliphatic rings. The highest BCUT2D eigenvalue weighted by atomic mass is 16.5. The molecule has 1 heterocycles. The molecule has 4 atom stereocenters. The number of likely N-dealkylation sites (tertiary alicyclic amines) is 1. The van der Waals surface area contributed by atoms with Gasteiger partial charge in [0.05, 0.1) is 32.8 Å². The van der Waals surface area contributed by atoms with Gasteiger partial charge in [0.15, 0.2) is 0 Å². The second kappa shape index (κ2) is 7.43. The molecule has 0 amide bonds. The zero-order chi connectivity index (χ0) is 15.5. The van der Waals surface area contributed by atoms with Crippen LogP contribution in [-0.2, 0) is 4.74 Å². The van der Waals surface area contributed by atoms with E-state index in [0.717, 1.165) is 16.9 Å². The topological polar surface area (TPSA) is 29.5 Å². The van der Waals surface area contributed by atoms with E-state index in [1.54, 1.807) is 0 Å². The Balaban J connectivity index is 1.79. The monoisotopic (exact) mass is 298 g/mol. The van der Waals surface area contributed by atoms with E-state index in [1.165, 1.54) is 45.2 Å². The minimum Gasteiger partial charge on any atom is -0.385 e. The fourth-order valence-electron chi connectivity index (χ4n) is 4.38. The number of nitrogens with zero attached hydrogens (tertiary/aromatic N) is 1. The third kappa shape index (κ3) is 4.94. The van der Waals surface area contributed by atoms with E-state index in [-0.39, 0.29) is 6.10 Å². The smallest absolute Gasteiger partial charge is 0.126 e. The first kappa shape index (κ1) is 17.2. The first-order valence-corrected chi connectivity index (χ1v) is 9.03. The van der Waals surface area contributed by atoms with Crippen LogP contribution in [-0.4, -0.2) is 55.1 Å². The van der Waals surface area contributed by atoms with Crippen LogP contribution in [0.25, 0.3) is 0 Å². The van der Waals surface area contributed by atoms with Crippen LogP contribution in [0.3, 0.4) is 0 Å². The van der Waals surface area contributed by atoms with Crippen LogP contribution >= 0.6 is 0 Å². The van der Waals surface area contributed by atoms with Gasteiger partial charge in [0, 0.05) is 12.8 Å². The summed E-state index contributed by atoms with van der Waals surface area (Å²) < 4.78 is 7.21. The number of rotatable bonds is 6. The molecule has 1 N–H and O–H groups in total. The molecule has 21 heavy (non-hydrogen) atoms. The molecule has 0 aromatic heterocycles. The lowest BCUT2D eigenvalue weighted by molar-refractivity contribution is -0.900. The first-order chi connectivity index (χ1) is 9.89. The van der Waals surface area contributed by atoms with Crippen molar-refractivity contribution in [3.63, 3.8) is 0 Å². The fraction of sp³-hybridized carbons (Fsp3) is 1.00. The van der Waals surface area contributed by atoms with E-state index >= 15 is 0 Å². The molecule has 1 aliphatic heterocycles. The van der Waals surface area contributed by atoms with Gasteiger partial charge >= 0.3 is 0 Å². The summed E-state index contributed by atoms with van der Waals surface area (Å²) in [7, 11) is 2.27. The molecular weight excluding hydrogens is 262 g/mol. The van der Waals surface area contributed by atoms with Crippen LogP contribution in [0.5, 0.6) is 0 Å². The van der Waals surface area contributed by atoms with Crippen LogP contribution in [0.2, 0.25) is 0 Å². The van der Waals surface area contributed by atoms with Crippen LogP contribution in [0.1, 0.15) is 52.9 Å². The van der Waals surface area contributed by atoms with Gasteiger partial charge in [-0.05, 0) is 30.6 Å². The zero-order valence-corrected chi connectivity index (χ0v) is 14.6. The molecule has 0 aromatic rings. The number of likely N-dealkylation sites (N-methyl/N-ethyl adjacent to an activating group) is 1. The predicted molar refractivity (Wildman–Crippen MR) is 87.1 cm³/mol. The molecule has 0 unspecified atom stereocenters. The maximum absolute atomic E-state index is 10.4. The van der Waals surface area contributed by atoms with Gasteiger partial charge in [-0.2, -0.15) is 0 Å². The largest absolute Gasteiger partial charge is 0.385 e. The van der Waals surface area contributed by atoms with E-state index in [9.17, 15) is 5.11 Å². The van der Waals surface area contributed by atoms with Crippen LogP contribution in [0.4, 0.5) is 0 Å². The number of hydrogen-bond acceptors (Lipinski definition) is 2. The second-order valence-corrected chi connectivity index (χ2v) is 8.31. The molecule has 1 saturated heterocycles. The maximum Gasteiger partial charge on any atom is 0.126 e. The average Bonchev–Trinajstić information content (AvgIpc) is 2.82.